The maximum atomic E-state index is 11.6. The van der Waals surface area contributed by atoms with Crippen molar-refractivity contribution >= 4 is 17.7 Å². The van der Waals surface area contributed by atoms with Gasteiger partial charge in [-0.2, -0.15) is 0 Å². The number of carbonyl (C=O) groups excluding carboxylic acids is 1. The van der Waals surface area contributed by atoms with Crippen LogP contribution in [0.25, 0.3) is 11.4 Å². The van der Waals surface area contributed by atoms with Gasteiger partial charge < -0.3 is 18.8 Å². The third-order valence-corrected chi connectivity index (χ3v) is 8.52. The molecule has 0 atom stereocenters. The second-order valence-electron chi connectivity index (χ2n) is 12.0. The molecule has 44 heavy (non-hydrogen) atoms. The van der Waals surface area contributed by atoms with Crippen LogP contribution in [0.5, 0.6) is 11.5 Å². The second kappa shape index (κ2) is 15.8. The molecule has 0 unspecified atom stereocenters. The number of methoxy groups -OCH3 is 1. The molecule has 0 aliphatic carbocycles. The number of rotatable bonds is 15. The maximum Gasteiger partial charge on any atom is 0.309 e. The molecule has 0 radical (unpaired) electrons. The standard InChI is InChI=1S/C36H45N3O4S/c1-7-8-9-10-11-22-42-32-24-31(21-16-28(32)25-43-30-19-12-26(13-20-30)23-33(40)41-6)44-35-38-37-34(39(35)5)27-14-17-29(18-15-27)36(2,3)4/h12-21,24H,7-11,22-23,25H2,1-6H3. The van der Waals surface area contributed by atoms with Crippen molar-refractivity contribution < 1.29 is 19.0 Å². The van der Waals surface area contributed by atoms with Gasteiger partial charge in [0.15, 0.2) is 11.0 Å². The van der Waals surface area contributed by atoms with Crippen LogP contribution in [0.15, 0.2) is 76.8 Å². The smallest absolute Gasteiger partial charge is 0.309 e. The largest absolute Gasteiger partial charge is 0.493 e. The fourth-order valence-corrected chi connectivity index (χ4v) is 5.54. The first-order valence-corrected chi connectivity index (χ1v) is 16.2. The van der Waals surface area contributed by atoms with E-state index in [1.807, 2.05) is 35.9 Å². The van der Waals surface area contributed by atoms with E-state index >= 15 is 0 Å². The Hall–Kier alpha value is -3.78. The molecule has 0 amide bonds. The summed E-state index contributed by atoms with van der Waals surface area (Å²) in [6, 6.07) is 22.3. The van der Waals surface area contributed by atoms with Crippen molar-refractivity contribution in [2.24, 2.45) is 7.05 Å². The van der Waals surface area contributed by atoms with Gasteiger partial charge >= 0.3 is 5.97 Å². The minimum Gasteiger partial charge on any atom is -0.493 e. The normalized spacial score (nSPS) is 11.4. The summed E-state index contributed by atoms with van der Waals surface area (Å²) < 4.78 is 19.2. The lowest BCUT2D eigenvalue weighted by molar-refractivity contribution is -0.139. The highest BCUT2D eigenvalue weighted by atomic mass is 32.2. The van der Waals surface area contributed by atoms with Crippen molar-refractivity contribution in [2.75, 3.05) is 13.7 Å². The van der Waals surface area contributed by atoms with Gasteiger partial charge in [0.1, 0.15) is 18.1 Å². The molecule has 0 aliphatic rings. The molecule has 0 N–H and O–H groups in total. The summed E-state index contributed by atoms with van der Waals surface area (Å²) in [6.07, 6.45) is 6.11. The SMILES string of the molecule is CCCCCCCOc1cc(Sc2nnc(-c3ccc(C(C)(C)C)cc3)n2C)ccc1COc1ccc(CC(=O)OC)cc1. The van der Waals surface area contributed by atoms with Crippen LogP contribution >= 0.6 is 11.8 Å². The lowest BCUT2D eigenvalue weighted by Gasteiger charge is -2.19. The molecule has 4 rings (SSSR count). The molecule has 234 valence electrons. The molecule has 0 saturated heterocycles. The minimum atomic E-state index is -0.264. The van der Waals surface area contributed by atoms with Gasteiger partial charge in [-0.25, -0.2) is 0 Å². The number of hydrogen-bond acceptors (Lipinski definition) is 7. The first-order chi connectivity index (χ1) is 21.2. The van der Waals surface area contributed by atoms with E-state index in [1.54, 1.807) is 11.8 Å². The van der Waals surface area contributed by atoms with E-state index in [1.165, 1.54) is 31.9 Å². The Morgan fingerprint density at radius 2 is 1.61 bits per heavy atom. The first kappa shape index (κ1) is 33.1. The van der Waals surface area contributed by atoms with Gasteiger partial charge in [-0.1, -0.05) is 95.8 Å². The molecular formula is C36H45N3O4S. The van der Waals surface area contributed by atoms with Gasteiger partial charge in [-0.15, -0.1) is 10.2 Å². The number of unbranched alkanes of at least 4 members (excludes halogenated alkanes) is 4. The van der Waals surface area contributed by atoms with E-state index in [0.29, 0.717) is 13.2 Å². The average Bonchev–Trinajstić information content (AvgIpc) is 3.38. The second-order valence-corrected chi connectivity index (χ2v) is 13.1. The number of aromatic nitrogens is 3. The van der Waals surface area contributed by atoms with Gasteiger partial charge in [-0.05, 0) is 59.0 Å². The zero-order valence-corrected chi connectivity index (χ0v) is 27.7. The summed E-state index contributed by atoms with van der Waals surface area (Å²) in [5, 5.41) is 9.81. The van der Waals surface area contributed by atoms with E-state index in [9.17, 15) is 4.79 Å². The molecule has 0 bridgehead atoms. The van der Waals surface area contributed by atoms with Gasteiger partial charge in [0, 0.05) is 23.1 Å². The van der Waals surface area contributed by atoms with Crippen LogP contribution in [-0.2, 0) is 35.0 Å². The molecule has 0 aliphatic heterocycles. The van der Waals surface area contributed by atoms with Crippen LogP contribution in [0.2, 0.25) is 0 Å². The third kappa shape index (κ3) is 9.36. The molecular weight excluding hydrogens is 570 g/mol. The van der Waals surface area contributed by atoms with Crippen LogP contribution in [0, 0.1) is 0 Å². The number of carbonyl (C=O) groups is 1. The topological polar surface area (TPSA) is 75.5 Å². The zero-order valence-electron chi connectivity index (χ0n) is 26.9. The molecule has 1 aromatic heterocycles. The fourth-order valence-electron chi connectivity index (χ4n) is 4.72. The monoisotopic (exact) mass is 615 g/mol. The third-order valence-electron chi connectivity index (χ3n) is 7.49. The summed E-state index contributed by atoms with van der Waals surface area (Å²) in [7, 11) is 3.40. The summed E-state index contributed by atoms with van der Waals surface area (Å²) in [6.45, 7) is 9.89. The number of esters is 1. The molecule has 8 heteroatoms. The summed E-state index contributed by atoms with van der Waals surface area (Å²) in [4.78, 5) is 12.6. The van der Waals surface area contributed by atoms with Crippen molar-refractivity contribution in [1.29, 1.82) is 0 Å². The minimum absolute atomic E-state index is 0.0995. The quantitative estimate of drug-likeness (QED) is 0.0979. The Morgan fingerprint density at radius 3 is 2.30 bits per heavy atom. The Kier molecular flexibility index (Phi) is 11.9. The first-order valence-electron chi connectivity index (χ1n) is 15.4. The highest BCUT2D eigenvalue weighted by molar-refractivity contribution is 7.99. The maximum absolute atomic E-state index is 11.6. The molecule has 0 fully saturated rings. The van der Waals surface area contributed by atoms with E-state index < -0.39 is 0 Å². The van der Waals surface area contributed by atoms with Gasteiger partial charge in [0.2, 0.25) is 0 Å². The number of ether oxygens (including phenoxy) is 3. The highest BCUT2D eigenvalue weighted by Crippen LogP contribution is 2.34. The lowest BCUT2D eigenvalue weighted by atomic mass is 9.87. The molecule has 4 aromatic rings. The predicted molar refractivity (Wildman–Crippen MR) is 176 cm³/mol. The zero-order chi connectivity index (χ0) is 31.5. The molecule has 3 aromatic carbocycles. The summed E-state index contributed by atoms with van der Waals surface area (Å²) >= 11 is 1.56. The van der Waals surface area contributed by atoms with Crippen LogP contribution in [0.3, 0.4) is 0 Å². The lowest BCUT2D eigenvalue weighted by Crippen LogP contribution is -2.10. The Bertz CT molecular complexity index is 1490. The van der Waals surface area contributed by atoms with Crippen LogP contribution in [0.1, 0.15) is 76.5 Å². The molecule has 7 nitrogen and oxygen atoms in total. The molecule has 0 saturated carbocycles. The Labute approximate surface area is 266 Å². The van der Waals surface area contributed by atoms with Crippen molar-refractivity contribution in [3.05, 3.63) is 83.4 Å². The van der Waals surface area contributed by atoms with Crippen molar-refractivity contribution in [3.63, 3.8) is 0 Å². The van der Waals surface area contributed by atoms with Crippen molar-refractivity contribution in [1.82, 2.24) is 14.8 Å². The van der Waals surface area contributed by atoms with E-state index in [2.05, 4.69) is 80.4 Å². The van der Waals surface area contributed by atoms with Crippen LogP contribution < -0.4 is 9.47 Å². The molecule has 1 heterocycles. The number of hydrogen-bond donors (Lipinski definition) is 0. The Morgan fingerprint density at radius 1 is 0.886 bits per heavy atom. The molecule has 0 spiro atoms. The Balaban J connectivity index is 1.47. The van der Waals surface area contributed by atoms with Gasteiger partial charge in [0.25, 0.3) is 0 Å². The van der Waals surface area contributed by atoms with Crippen molar-refractivity contribution in [3.8, 4) is 22.9 Å². The summed E-state index contributed by atoms with van der Waals surface area (Å²) in [5.41, 5.74) is 4.28. The highest BCUT2D eigenvalue weighted by Gasteiger charge is 2.17. The fraction of sp³-hybridized carbons (Fsp3) is 0.417. The number of nitrogens with zero attached hydrogens (tertiary/aromatic N) is 3. The average molecular weight is 616 g/mol. The van der Waals surface area contributed by atoms with Gasteiger partial charge in [-0.3, -0.25) is 4.79 Å². The van der Waals surface area contributed by atoms with Crippen LogP contribution in [0.4, 0.5) is 0 Å². The van der Waals surface area contributed by atoms with Gasteiger partial charge in [0.05, 0.1) is 20.1 Å². The van der Waals surface area contributed by atoms with Crippen molar-refractivity contribution in [2.45, 2.75) is 88.3 Å². The predicted octanol–water partition coefficient (Wildman–Crippen LogP) is 8.57. The summed E-state index contributed by atoms with van der Waals surface area (Å²) in [5.74, 6) is 2.11. The van der Waals surface area contributed by atoms with E-state index in [0.717, 1.165) is 56.9 Å². The van der Waals surface area contributed by atoms with Crippen LogP contribution in [-0.4, -0.2) is 34.5 Å². The van der Waals surface area contributed by atoms with E-state index in [4.69, 9.17) is 14.2 Å². The number of benzene rings is 3. The van der Waals surface area contributed by atoms with E-state index in [-0.39, 0.29) is 17.8 Å².